The van der Waals surface area contributed by atoms with Gasteiger partial charge in [0.2, 0.25) is 0 Å². The molecule has 1 aliphatic heterocycles. The number of halogens is 3. The zero-order chi connectivity index (χ0) is 18.1. The maximum Gasteiger partial charge on any atom is 0.416 e. The van der Waals surface area contributed by atoms with E-state index in [-0.39, 0.29) is 0 Å². The number of hydrogen-bond donors (Lipinski definition) is 0. The zero-order valence-electron chi connectivity index (χ0n) is 15.4. The molecule has 1 saturated heterocycles. The number of rotatable bonds is 4. The van der Waals surface area contributed by atoms with Crippen LogP contribution in [0, 0.1) is 13.8 Å². The van der Waals surface area contributed by atoms with Crippen molar-refractivity contribution in [2.24, 2.45) is 0 Å². The molecule has 1 aliphatic rings. The molecule has 0 spiro atoms. The van der Waals surface area contributed by atoms with E-state index in [9.17, 15) is 13.2 Å². The fourth-order valence-electron chi connectivity index (χ4n) is 3.64. The largest absolute Gasteiger partial charge is 0.416 e. The number of anilines is 1. The van der Waals surface area contributed by atoms with Crippen molar-refractivity contribution in [3.05, 3.63) is 28.8 Å². The van der Waals surface area contributed by atoms with Crippen LogP contribution in [0.3, 0.4) is 0 Å². The number of aryl methyl sites for hydroxylation is 1. The van der Waals surface area contributed by atoms with Crippen molar-refractivity contribution in [3.63, 3.8) is 0 Å². The van der Waals surface area contributed by atoms with E-state index in [1.807, 2.05) is 13.8 Å². The Morgan fingerprint density at radius 2 is 1.75 bits per heavy atom. The van der Waals surface area contributed by atoms with Gasteiger partial charge in [0.15, 0.2) is 0 Å². The Hall–Kier alpha value is -1.23. The summed E-state index contributed by atoms with van der Waals surface area (Å²) in [7, 11) is 0. The molecule has 0 aliphatic carbocycles. The van der Waals surface area contributed by atoms with Crippen LogP contribution in [-0.4, -0.2) is 36.6 Å². The summed E-state index contributed by atoms with van der Waals surface area (Å²) in [6.45, 7) is 12.9. The van der Waals surface area contributed by atoms with Crippen molar-refractivity contribution in [2.75, 3.05) is 24.5 Å². The summed E-state index contributed by atoms with van der Waals surface area (Å²) in [4.78, 5) is 4.61. The average molecular weight is 342 g/mol. The molecule has 0 unspecified atom stereocenters. The van der Waals surface area contributed by atoms with Crippen molar-refractivity contribution >= 4 is 5.69 Å². The van der Waals surface area contributed by atoms with Gasteiger partial charge in [0, 0.05) is 37.4 Å². The standard InChI is InChI=1S/C19H29F3N2/c1-6-24(17-7-9-23(10-8-17)13(2)3)18-12-16(19(20,21)22)11-14(4)15(18)5/h11-13,17H,6-10H2,1-5H3. The van der Waals surface area contributed by atoms with Gasteiger partial charge in [-0.05, 0) is 70.7 Å². The smallest absolute Gasteiger partial charge is 0.368 e. The highest BCUT2D eigenvalue weighted by molar-refractivity contribution is 5.59. The fourth-order valence-corrected chi connectivity index (χ4v) is 3.64. The Morgan fingerprint density at radius 1 is 1.17 bits per heavy atom. The van der Waals surface area contributed by atoms with E-state index in [4.69, 9.17) is 0 Å². The van der Waals surface area contributed by atoms with Crippen molar-refractivity contribution < 1.29 is 13.2 Å². The van der Waals surface area contributed by atoms with E-state index in [0.717, 1.165) is 43.7 Å². The third-order valence-electron chi connectivity index (χ3n) is 5.29. The Bertz CT molecular complexity index is 558. The average Bonchev–Trinajstić information content (AvgIpc) is 2.51. The van der Waals surface area contributed by atoms with Crippen LogP contribution in [0.5, 0.6) is 0 Å². The second-order valence-electron chi connectivity index (χ2n) is 7.08. The molecule has 0 aromatic heterocycles. The molecule has 0 N–H and O–H groups in total. The number of likely N-dealkylation sites (tertiary alicyclic amines) is 1. The van der Waals surface area contributed by atoms with Crippen LogP contribution in [0.15, 0.2) is 12.1 Å². The van der Waals surface area contributed by atoms with Gasteiger partial charge in [-0.25, -0.2) is 0 Å². The van der Waals surface area contributed by atoms with E-state index in [1.54, 1.807) is 6.92 Å². The topological polar surface area (TPSA) is 6.48 Å². The monoisotopic (exact) mass is 342 g/mol. The molecule has 0 atom stereocenters. The molecule has 5 heteroatoms. The Kier molecular flexibility index (Phi) is 5.84. The highest BCUT2D eigenvalue weighted by Gasteiger charge is 2.33. The maximum atomic E-state index is 13.2. The SMILES string of the molecule is CCN(c1cc(C(F)(F)F)cc(C)c1C)C1CCN(C(C)C)CC1. The molecule has 2 nitrogen and oxygen atoms in total. The van der Waals surface area contributed by atoms with Crippen LogP contribution in [0.25, 0.3) is 0 Å². The van der Waals surface area contributed by atoms with Gasteiger partial charge in [0.1, 0.15) is 0 Å². The lowest BCUT2D eigenvalue weighted by atomic mass is 9.97. The minimum atomic E-state index is -4.30. The summed E-state index contributed by atoms with van der Waals surface area (Å²) in [6, 6.07) is 3.43. The lowest BCUT2D eigenvalue weighted by Gasteiger charge is -2.41. The Morgan fingerprint density at radius 3 is 2.21 bits per heavy atom. The number of benzene rings is 1. The van der Waals surface area contributed by atoms with Crippen LogP contribution >= 0.6 is 0 Å². The first-order valence-corrected chi connectivity index (χ1v) is 8.84. The molecule has 24 heavy (non-hydrogen) atoms. The second kappa shape index (κ2) is 7.34. The van der Waals surface area contributed by atoms with E-state index >= 15 is 0 Å². The third-order valence-corrected chi connectivity index (χ3v) is 5.29. The van der Waals surface area contributed by atoms with E-state index < -0.39 is 11.7 Å². The predicted molar refractivity (Wildman–Crippen MR) is 93.7 cm³/mol. The first kappa shape index (κ1) is 19.1. The summed E-state index contributed by atoms with van der Waals surface area (Å²) in [5.41, 5.74) is 1.86. The molecule has 1 aromatic rings. The molecule has 0 amide bonds. The number of nitrogens with zero attached hydrogens (tertiary/aromatic N) is 2. The molecule has 0 radical (unpaired) electrons. The van der Waals surface area contributed by atoms with Gasteiger partial charge in [-0.3, -0.25) is 0 Å². The van der Waals surface area contributed by atoms with Gasteiger partial charge in [-0.2, -0.15) is 13.2 Å². The van der Waals surface area contributed by atoms with E-state index in [0.29, 0.717) is 17.6 Å². The molecule has 0 saturated carbocycles. The van der Waals surface area contributed by atoms with Crippen LogP contribution in [-0.2, 0) is 6.18 Å². The molecular weight excluding hydrogens is 313 g/mol. The van der Waals surface area contributed by atoms with E-state index in [2.05, 4.69) is 23.6 Å². The molecule has 136 valence electrons. The van der Waals surface area contributed by atoms with Crippen molar-refractivity contribution in [1.82, 2.24) is 4.90 Å². The zero-order valence-corrected chi connectivity index (χ0v) is 15.4. The lowest BCUT2D eigenvalue weighted by molar-refractivity contribution is -0.137. The first-order valence-electron chi connectivity index (χ1n) is 8.84. The molecule has 1 fully saturated rings. The predicted octanol–water partition coefficient (Wildman–Crippen LogP) is 5.02. The molecular formula is C19H29F3N2. The third kappa shape index (κ3) is 4.05. The number of hydrogen-bond acceptors (Lipinski definition) is 2. The highest BCUT2D eigenvalue weighted by atomic mass is 19.4. The minimum absolute atomic E-state index is 0.312. The Labute approximate surface area is 143 Å². The van der Waals surface area contributed by atoms with Gasteiger partial charge in [0.25, 0.3) is 0 Å². The molecule has 1 aromatic carbocycles. The van der Waals surface area contributed by atoms with Gasteiger partial charge in [0.05, 0.1) is 5.56 Å². The summed E-state index contributed by atoms with van der Waals surface area (Å²) < 4.78 is 39.6. The first-order chi connectivity index (χ1) is 11.1. The van der Waals surface area contributed by atoms with Crippen molar-refractivity contribution in [1.29, 1.82) is 0 Å². The molecule has 0 bridgehead atoms. The molecule has 2 rings (SSSR count). The van der Waals surface area contributed by atoms with E-state index in [1.165, 1.54) is 12.1 Å². The van der Waals surface area contributed by atoms with Gasteiger partial charge in [-0.15, -0.1) is 0 Å². The van der Waals surface area contributed by atoms with Crippen LogP contribution in [0.1, 0.15) is 50.3 Å². The molecule has 1 heterocycles. The van der Waals surface area contributed by atoms with Gasteiger partial charge >= 0.3 is 6.18 Å². The number of alkyl halides is 3. The summed E-state index contributed by atoms with van der Waals surface area (Å²) >= 11 is 0. The number of piperidine rings is 1. The summed E-state index contributed by atoms with van der Waals surface area (Å²) in [5.74, 6) is 0. The lowest BCUT2D eigenvalue weighted by Crippen LogP contribution is -2.47. The Balaban J connectivity index is 2.29. The van der Waals surface area contributed by atoms with Crippen molar-refractivity contribution in [2.45, 2.75) is 65.7 Å². The maximum absolute atomic E-state index is 13.2. The normalized spacial score (nSPS) is 17.5. The van der Waals surface area contributed by atoms with Crippen LogP contribution < -0.4 is 4.90 Å². The summed E-state index contributed by atoms with van der Waals surface area (Å²) in [5, 5.41) is 0. The minimum Gasteiger partial charge on any atom is -0.368 e. The van der Waals surface area contributed by atoms with Crippen LogP contribution in [0.2, 0.25) is 0 Å². The van der Waals surface area contributed by atoms with Gasteiger partial charge < -0.3 is 9.80 Å². The summed E-state index contributed by atoms with van der Waals surface area (Å²) in [6.07, 6.45) is -2.30. The van der Waals surface area contributed by atoms with Crippen LogP contribution in [0.4, 0.5) is 18.9 Å². The quantitative estimate of drug-likeness (QED) is 0.758. The highest BCUT2D eigenvalue weighted by Crippen LogP contribution is 2.36. The second-order valence-corrected chi connectivity index (χ2v) is 7.08. The van der Waals surface area contributed by atoms with Gasteiger partial charge in [-0.1, -0.05) is 0 Å². The van der Waals surface area contributed by atoms with Crippen molar-refractivity contribution in [3.8, 4) is 0 Å². The fraction of sp³-hybridized carbons (Fsp3) is 0.684.